The molecule has 4 N–H and O–H groups in total. The number of hydrogen-bond donors (Lipinski definition) is 4. The van der Waals surface area contributed by atoms with Gasteiger partial charge in [-0.3, -0.25) is 9.89 Å². The minimum Gasteiger partial charge on any atom is -0.322 e. The van der Waals surface area contributed by atoms with Crippen LogP contribution in [-0.4, -0.2) is 26.1 Å². The summed E-state index contributed by atoms with van der Waals surface area (Å²) in [6, 6.07) is 10.6. The molecule has 0 atom stereocenters. The molecule has 2 aromatic carbocycles. The van der Waals surface area contributed by atoms with Gasteiger partial charge in [-0.15, -0.1) is 0 Å². The van der Waals surface area contributed by atoms with Gasteiger partial charge in [0, 0.05) is 11.1 Å². The molecule has 0 saturated carbocycles. The fraction of sp³-hybridized carbons (Fsp3) is 0. The van der Waals surface area contributed by atoms with E-state index in [1.54, 1.807) is 36.5 Å². The van der Waals surface area contributed by atoms with Crippen molar-refractivity contribution in [1.29, 1.82) is 0 Å². The standard InChI is InChI=1S/C15H11N5O2/c21-14(10-3-1-2-8-7-16-20-13(8)10)17-9-4-5-11-12(6-9)19-15(22)18-11/h1-7H,(H,16,20)(H,17,21)(H2,18,19,22). The molecule has 108 valence electrons. The zero-order valence-corrected chi connectivity index (χ0v) is 11.3. The Morgan fingerprint density at radius 3 is 2.86 bits per heavy atom. The van der Waals surface area contributed by atoms with Gasteiger partial charge in [0.2, 0.25) is 0 Å². The van der Waals surface area contributed by atoms with Crippen molar-refractivity contribution in [3.63, 3.8) is 0 Å². The van der Waals surface area contributed by atoms with Gasteiger partial charge >= 0.3 is 5.69 Å². The van der Waals surface area contributed by atoms with E-state index in [9.17, 15) is 9.59 Å². The number of aromatic nitrogens is 4. The Morgan fingerprint density at radius 2 is 1.95 bits per heavy atom. The molecule has 0 fully saturated rings. The summed E-state index contributed by atoms with van der Waals surface area (Å²) in [6.45, 7) is 0. The third-order valence-corrected chi connectivity index (χ3v) is 3.50. The molecule has 7 heteroatoms. The fourth-order valence-corrected chi connectivity index (χ4v) is 2.47. The average Bonchev–Trinajstić information content (AvgIpc) is 3.11. The van der Waals surface area contributed by atoms with Gasteiger partial charge in [-0.05, 0) is 24.3 Å². The molecule has 0 aliphatic carbocycles. The second-order valence-corrected chi connectivity index (χ2v) is 4.93. The van der Waals surface area contributed by atoms with Crippen molar-refractivity contribution in [3.05, 3.63) is 58.6 Å². The number of benzene rings is 2. The number of amides is 1. The molecule has 0 bridgehead atoms. The molecule has 0 radical (unpaired) electrons. The number of H-pyrrole nitrogens is 3. The number of fused-ring (bicyclic) bond motifs is 2. The highest BCUT2D eigenvalue weighted by Crippen LogP contribution is 2.19. The summed E-state index contributed by atoms with van der Waals surface area (Å²) in [7, 11) is 0. The number of aromatic amines is 3. The lowest BCUT2D eigenvalue weighted by Gasteiger charge is -2.06. The van der Waals surface area contributed by atoms with E-state index in [0.29, 0.717) is 27.8 Å². The minimum absolute atomic E-state index is 0.243. The van der Waals surface area contributed by atoms with E-state index in [4.69, 9.17) is 0 Å². The maximum Gasteiger partial charge on any atom is 0.323 e. The summed E-state index contributed by atoms with van der Waals surface area (Å²) in [5.41, 5.74) is 2.86. The summed E-state index contributed by atoms with van der Waals surface area (Å²) < 4.78 is 0. The molecule has 0 spiro atoms. The van der Waals surface area contributed by atoms with Crippen LogP contribution in [0.1, 0.15) is 10.4 Å². The second-order valence-electron chi connectivity index (χ2n) is 4.93. The van der Waals surface area contributed by atoms with Crippen LogP contribution in [0.2, 0.25) is 0 Å². The van der Waals surface area contributed by atoms with E-state index in [2.05, 4.69) is 25.5 Å². The number of hydrogen-bond acceptors (Lipinski definition) is 3. The predicted molar refractivity (Wildman–Crippen MR) is 83.0 cm³/mol. The van der Waals surface area contributed by atoms with E-state index in [0.717, 1.165) is 5.39 Å². The smallest absolute Gasteiger partial charge is 0.322 e. The van der Waals surface area contributed by atoms with Crippen molar-refractivity contribution >= 4 is 33.5 Å². The van der Waals surface area contributed by atoms with E-state index in [1.165, 1.54) is 0 Å². The lowest BCUT2D eigenvalue weighted by Crippen LogP contribution is -2.12. The summed E-state index contributed by atoms with van der Waals surface area (Å²) in [5, 5.41) is 10.5. The maximum absolute atomic E-state index is 12.4. The van der Waals surface area contributed by atoms with Gasteiger partial charge < -0.3 is 15.3 Å². The molecule has 2 heterocycles. The molecular weight excluding hydrogens is 282 g/mol. The first kappa shape index (κ1) is 12.4. The molecule has 0 unspecified atom stereocenters. The van der Waals surface area contributed by atoms with Crippen LogP contribution in [-0.2, 0) is 0 Å². The van der Waals surface area contributed by atoms with E-state index in [-0.39, 0.29) is 11.6 Å². The summed E-state index contributed by atoms with van der Waals surface area (Å²) in [6.07, 6.45) is 1.67. The van der Waals surface area contributed by atoms with Crippen molar-refractivity contribution in [1.82, 2.24) is 20.2 Å². The highest BCUT2D eigenvalue weighted by Gasteiger charge is 2.12. The van der Waals surface area contributed by atoms with Crippen molar-refractivity contribution in [3.8, 4) is 0 Å². The quantitative estimate of drug-likeness (QED) is 0.454. The van der Waals surface area contributed by atoms with Gasteiger partial charge in [-0.25, -0.2) is 4.79 Å². The minimum atomic E-state index is -0.277. The number of imidazole rings is 1. The van der Waals surface area contributed by atoms with Crippen LogP contribution in [0.5, 0.6) is 0 Å². The van der Waals surface area contributed by atoms with E-state index >= 15 is 0 Å². The Balaban J connectivity index is 1.70. The predicted octanol–water partition coefficient (Wildman–Crippen LogP) is 1.98. The Kier molecular flexibility index (Phi) is 2.59. The molecule has 0 saturated heterocycles. The fourth-order valence-electron chi connectivity index (χ4n) is 2.47. The lowest BCUT2D eigenvalue weighted by molar-refractivity contribution is 0.102. The normalized spacial score (nSPS) is 11.1. The van der Waals surface area contributed by atoms with Gasteiger partial charge in [-0.2, -0.15) is 5.10 Å². The number of carbonyl (C=O) groups excluding carboxylic acids is 1. The molecular formula is C15H11N5O2. The first-order valence-electron chi connectivity index (χ1n) is 6.66. The third-order valence-electron chi connectivity index (χ3n) is 3.50. The van der Waals surface area contributed by atoms with Crippen LogP contribution in [0.3, 0.4) is 0 Å². The first-order valence-corrected chi connectivity index (χ1v) is 6.66. The van der Waals surface area contributed by atoms with Crippen molar-refractivity contribution < 1.29 is 4.79 Å². The zero-order valence-electron chi connectivity index (χ0n) is 11.3. The Labute approximate surface area is 123 Å². The number of nitrogens with one attached hydrogen (secondary N) is 4. The first-order chi connectivity index (χ1) is 10.7. The zero-order chi connectivity index (χ0) is 15.1. The highest BCUT2D eigenvalue weighted by atomic mass is 16.2. The number of nitrogens with zero attached hydrogens (tertiary/aromatic N) is 1. The molecule has 0 aliphatic rings. The largest absolute Gasteiger partial charge is 0.323 e. The van der Waals surface area contributed by atoms with Crippen molar-refractivity contribution in [2.75, 3.05) is 5.32 Å². The van der Waals surface area contributed by atoms with Gasteiger partial charge in [0.15, 0.2) is 0 Å². The third kappa shape index (κ3) is 1.96. The maximum atomic E-state index is 12.4. The van der Waals surface area contributed by atoms with Gasteiger partial charge in [0.25, 0.3) is 5.91 Å². The topological polar surface area (TPSA) is 106 Å². The van der Waals surface area contributed by atoms with E-state index < -0.39 is 0 Å². The van der Waals surface area contributed by atoms with Gasteiger partial charge in [0.05, 0.1) is 28.3 Å². The average molecular weight is 293 g/mol. The van der Waals surface area contributed by atoms with Crippen LogP contribution < -0.4 is 11.0 Å². The SMILES string of the molecule is O=C(Nc1ccc2[nH]c(=O)[nH]c2c1)c1cccc2cn[nH]c12. The molecule has 1 amide bonds. The summed E-state index contributed by atoms with van der Waals surface area (Å²) in [5.74, 6) is -0.243. The number of rotatable bonds is 2. The van der Waals surface area contributed by atoms with Crippen LogP contribution in [0, 0.1) is 0 Å². The van der Waals surface area contributed by atoms with Crippen LogP contribution in [0.15, 0.2) is 47.4 Å². The molecule has 0 aliphatic heterocycles. The number of carbonyl (C=O) groups is 1. The molecule has 4 rings (SSSR count). The van der Waals surface area contributed by atoms with E-state index in [1.807, 2.05) is 6.07 Å². The van der Waals surface area contributed by atoms with Gasteiger partial charge in [0.1, 0.15) is 0 Å². The van der Waals surface area contributed by atoms with Crippen molar-refractivity contribution in [2.24, 2.45) is 0 Å². The lowest BCUT2D eigenvalue weighted by atomic mass is 10.1. The number of anilines is 1. The Hall–Kier alpha value is -3.35. The van der Waals surface area contributed by atoms with Crippen LogP contribution >= 0.6 is 0 Å². The molecule has 2 aromatic heterocycles. The highest BCUT2D eigenvalue weighted by molar-refractivity contribution is 6.12. The summed E-state index contributed by atoms with van der Waals surface area (Å²) >= 11 is 0. The Bertz CT molecular complexity index is 1060. The second kappa shape index (κ2) is 4.59. The van der Waals surface area contributed by atoms with Gasteiger partial charge in [-0.1, -0.05) is 12.1 Å². The summed E-state index contributed by atoms with van der Waals surface area (Å²) in [4.78, 5) is 29.0. The monoisotopic (exact) mass is 293 g/mol. The Morgan fingerprint density at radius 1 is 1.09 bits per heavy atom. The molecule has 22 heavy (non-hydrogen) atoms. The number of para-hydroxylation sites is 1. The van der Waals surface area contributed by atoms with Crippen molar-refractivity contribution in [2.45, 2.75) is 0 Å². The van der Waals surface area contributed by atoms with Crippen LogP contribution in [0.4, 0.5) is 5.69 Å². The molecule has 7 nitrogen and oxygen atoms in total. The molecule has 4 aromatic rings. The van der Waals surface area contributed by atoms with Crippen LogP contribution in [0.25, 0.3) is 21.9 Å².